The topological polar surface area (TPSA) is 132 Å². The van der Waals surface area contributed by atoms with E-state index < -0.39 is 0 Å². The molecule has 2 aromatic heterocycles. The molecule has 146 valence electrons. The lowest BCUT2D eigenvalue weighted by Crippen LogP contribution is -2.16. The predicted octanol–water partition coefficient (Wildman–Crippen LogP) is 2.11. The summed E-state index contributed by atoms with van der Waals surface area (Å²) in [4.78, 5) is 20.3. The molecular formula is C14H22N4O6S2. The van der Waals surface area contributed by atoms with E-state index in [9.17, 15) is 0 Å². The Morgan fingerprint density at radius 1 is 0.731 bits per heavy atom. The molecule has 0 unspecified atom stereocenters. The summed E-state index contributed by atoms with van der Waals surface area (Å²) in [5.41, 5.74) is 1.84. The quantitative estimate of drug-likeness (QED) is 0.411. The molecule has 0 bridgehead atoms. The molecule has 0 fully saturated rings. The molecular weight excluding hydrogens is 384 g/mol. The maximum atomic E-state index is 8.53. The van der Waals surface area contributed by atoms with Crippen LogP contribution in [0.5, 0.6) is 0 Å². The zero-order valence-electron chi connectivity index (χ0n) is 14.5. The smallest absolute Gasteiger partial charge is 0.0935 e. The van der Waals surface area contributed by atoms with E-state index in [-0.39, 0.29) is 24.0 Å². The minimum absolute atomic E-state index is 0.158. The molecule has 12 heteroatoms. The molecule has 0 aliphatic rings. The van der Waals surface area contributed by atoms with Crippen molar-refractivity contribution in [2.24, 2.45) is 0 Å². The molecule has 2 rings (SSSR count). The zero-order valence-corrected chi connectivity index (χ0v) is 16.1. The van der Waals surface area contributed by atoms with Crippen LogP contribution in [0, 0.1) is 13.8 Å². The van der Waals surface area contributed by atoms with Gasteiger partial charge in [0.2, 0.25) is 0 Å². The SMILES string of the molecule is Cc1nc(CCc2nc(C)c(CCON(O)O)s2)sc1CCON(O)O. The van der Waals surface area contributed by atoms with Gasteiger partial charge in [0.1, 0.15) is 0 Å². The van der Waals surface area contributed by atoms with Crippen LogP contribution >= 0.6 is 22.7 Å². The summed E-state index contributed by atoms with van der Waals surface area (Å²) in [6.07, 6.45) is 2.63. The van der Waals surface area contributed by atoms with Gasteiger partial charge in [-0.15, -0.1) is 22.7 Å². The molecule has 2 aromatic rings. The van der Waals surface area contributed by atoms with Crippen molar-refractivity contribution in [3.8, 4) is 0 Å². The highest BCUT2D eigenvalue weighted by Gasteiger charge is 2.12. The Hall–Kier alpha value is -1.06. The van der Waals surface area contributed by atoms with E-state index in [0.717, 1.165) is 44.0 Å². The normalized spacial score (nSPS) is 11.8. The second-order valence-electron chi connectivity index (χ2n) is 5.40. The maximum absolute atomic E-state index is 8.53. The monoisotopic (exact) mass is 406 g/mol. The van der Waals surface area contributed by atoms with Crippen LogP contribution in [0.15, 0.2) is 0 Å². The minimum atomic E-state index is -0.288. The largest absolute Gasteiger partial charge is 0.266 e. The number of aryl methyl sites for hydroxylation is 4. The van der Waals surface area contributed by atoms with Crippen LogP contribution in [0.25, 0.3) is 0 Å². The molecule has 0 aromatic carbocycles. The fourth-order valence-corrected chi connectivity index (χ4v) is 4.41. The first-order chi connectivity index (χ1) is 12.3. The van der Waals surface area contributed by atoms with Gasteiger partial charge >= 0.3 is 0 Å². The predicted molar refractivity (Wildman–Crippen MR) is 91.2 cm³/mol. The molecule has 0 aliphatic carbocycles. The molecule has 0 saturated carbocycles. The molecule has 0 amide bonds. The van der Waals surface area contributed by atoms with Gasteiger partial charge in [-0.3, -0.25) is 30.5 Å². The van der Waals surface area contributed by atoms with Crippen molar-refractivity contribution in [3.05, 3.63) is 31.2 Å². The van der Waals surface area contributed by atoms with E-state index in [2.05, 4.69) is 19.6 Å². The van der Waals surface area contributed by atoms with E-state index >= 15 is 0 Å². The van der Waals surface area contributed by atoms with E-state index in [1.165, 1.54) is 0 Å². The first-order valence-electron chi connectivity index (χ1n) is 7.87. The minimum Gasteiger partial charge on any atom is -0.266 e. The van der Waals surface area contributed by atoms with Crippen molar-refractivity contribution >= 4 is 22.7 Å². The average Bonchev–Trinajstić information content (AvgIpc) is 3.08. The lowest BCUT2D eigenvalue weighted by atomic mass is 10.3. The van der Waals surface area contributed by atoms with Crippen LogP contribution in [-0.2, 0) is 35.4 Å². The second-order valence-corrected chi connectivity index (χ2v) is 7.74. The number of nitrogens with zero attached hydrogens (tertiary/aromatic N) is 4. The molecule has 0 radical (unpaired) electrons. The highest BCUT2D eigenvalue weighted by atomic mass is 32.1. The molecule has 0 spiro atoms. The summed E-state index contributed by atoms with van der Waals surface area (Å²) in [6, 6.07) is 0. The molecule has 10 nitrogen and oxygen atoms in total. The van der Waals surface area contributed by atoms with Crippen molar-refractivity contribution in [3.63, 3.8) is 0 Å². The number of thiazole rings is 2. The fraction of sp³-hybridized carbons (Fsp3) is 0.571. The first kappa shape index (κ1) is 21.2. The summed E-state index contributed by atoms with van der Waals surface area (Å²) in [5.74, 6) is 0. The molecule has 26 heavy (non-hydrogen) atoms. The number of aromatic nitrogens is 2. The Morgan fingerprint density at radius 3 is 1.46 bits per heavy atom. The average molecular weight is 406 g/mol. The number of hydrogen-bond acceptors (Lipinski definition) is 12. The second kappa shape index (κ2) is 10.3. The van der Waals surface area contributed by atoms with Crippen molar-refractivity contribution in [2.75, 3.05) is 13.2 Å². The van der Waals surface area contributed by atoms with Gasteiger partial charge in [0, 0.05) is 35.4 Å². The molecule has 4 N–H and O–H groups in total. The Kier molecular flexibility index (Phi) is 8.43. The summed E-state index contributed by atoms with van der Waals surface area (Å²) in [7, 11) is 0. The Labute approximate surface area is 158 Å². The lowest BCUT2D eigenvalue weighted by Gasteiger charge is -2.04. The third-order valence-corrected chi connectivity index (χ3v) is 6.05. The summed E-state index contributed by atoms with van der Waals surface area (Å²) in [5, 5.41) is 35.6. The van der Waals surface area contributed by atoms with E-state index in [0.29, 0.717) is 12.8 Å². The van der Waals surface area contributed by atoms with Crippen LogP contribution in [0.2, 0.25) is 0 Å². The zero-order chi connectivity index (χ0) is 19.1. The van der Waals surface area contributed by atoms with E-state index in [1.54, 1.807) is 22.7 Å². The van der Waals surface area contributed by atoms with Crippen LogP contribution in [-0.4, -0.2) is 54.8 Å². The van der Waals surface area contributed by atoms with E-state index in [4.69, 9.17) is 20.8 Å². The number of hydrogen-bond donors (Lipinski definition) is 4. The Bertz CT molecular complexity index is 633. The third kappa shape index (κ3) is 6.92. The van der Waals surface area contributed by atoms with Crippen molar-refractivity contribution in [1.29, 1.82) is 0 Å². The van der Waals surface area contributed by atoms with Gasteiger partial charge in [0.25, 0.3) is 0 Å². The van der Waals surface area contributed by atoms with Gasteiger partial charge in [-0.2, -0.15) is 0 Å². The van der Waals surface area contributed by atoms with Gasteiger partial charge in [-0.25, -0.2) is 9.97 Å². The maximum Gasteiger partial charge on any atom is 0.0935 e. The summed E-state index contributed by atoms with van der Waals surface area (Å²) in [6.45, 7) is 4.15. The lowest BCUT2D eigenvalue weighted by molar-refractivity contribution is -0.492. The molecule has 2 heterocycles. The van der Waals surface area contributed by atoms with Crippen LogP contribution in [0.1, 0.15) is 31.2 Å². The Balaban J connectivity index is 1.85. The van der Waals surface area contributed by atoms with Crippen LogP contribution in [0.4, 0.5) is 0 Å². The molecule has 0 aliphatic heterocycles. The van der Waals surface area contributed by atoms with Crippen molar-refractivity contribution < 1.29 is 30.5 Å². The van der Waals surface area contributed by atoms with Gasteiger partial charge in [0.05, 0.1) is 45.4 Å². The van der Waals surface area contributed by atoms with Gasteiger partial charge < -0.3 is 0 Å². The fourth-order valence-electron chi connectivity index (χ4n) is 2.31. The van der Waals surface area contributed by atoms with E-state index in [1.807, 2.05) is 13.8 Å². The molecule has 0 saturated heterocycles. The Morgan fingerprint density at radius 2 is 1.12 bits per heavy atom. The highest BCUT2D eigenvalue weighted by molar-refractivity contribution is 7.12. The van der Waals surface area contributed by atoms with Crippen LogP contribution in [0.3, 0.4) is 0 Å². The van der Waals surface area contributed by atoms with Crippen molar-refractivity contribution in [1.82, 2.24) is 20.7 Å². The first-order valence-corrected chi connectivity index (χ1v) is 9.50. The van der Waals surface area contributed by atoms with Gasteiger partial charge in [0.15, 0.2) is 0 Å². The summed E-state index contributed by atoms with van der Waals surface area (Å²) >= 11 is 3.16. The summed E-state index contributed by atoms with van der Waals surface area (Å²) < 4.78 is 0. The standard InChI is InChI=1S/C14H22N4O6S2/c1-9-11(5-7-23-17(19)20)25-13(15-9)3-4-14-16-10(2)12(26-14)6-8-24-18(21)22/h19-22H,3-8H2,1-2H3. The van der Waals surface area contributed by atoms with Gasteiger partial charge in [-0.05, 0) is 13.8 Å². The van der Waals surface area contributed by atoms with Crippen LogP contribution < -0.4 is 0 Å². The highest BCUT2D eigenvalue weighted by Crippen LogP contribution is 2.23. The number of rotatable bonds is 11. The van der Waals surface area contributed by atoms with Gasteiger partial charge in [-0.1, -0.05) is 0 Å². The van der Waals surface area contributed by atoms with Crippen molar-refractivity contribution in [2.45, 2.75) is 39.5 Å². The third-order valence-electron chi connectivity index (χ3n) is 3.50. The molecule has 0 atom stereocenters.